The van der Waals surface area contributed by atoms with Crippen LogP contribution >= 0.6 is 22.9 Å². The van der Waals surface area contributed by atoms with Crippen molar-refractivity contribution in [1.82, 2.24) is 4.98 Å². The summed E-state index contributed by atoms with van der Waals surface area (Å²) in [4.78, 5) is 6.91. The zero-order valence-electron chi connectivity index (χ0n) is 10.4. The summed E-state index contributed by atoms with van der Waals surface area (Å²) >= 11 is 7.48. The highest BCUT2D eigenvalue weighted by atomic mass is 35.5. The van der Waals surface area contributed by atoms with E-state index in [0.29, 0.717) is 11.9 Å². The number of unbranched alkanes of at least 4 members (excludes halogenated alkanes) is 2. The average Bonchev–Trinajstić information content (AvgIpc) is 2.72. The summed E-state index contributed by atoms with van der Waals surface area (Å²) in [6.45, 7) is 7.76. The first-order valence-corrected chi connectivity index (χ1v) is 7.37. The number of aromatic nitrogens is 1. The number of anilines is 1. The van der Waals surface area contributed by atoms with E-state index in [2.05, 4.69) is 36.0 Å². The molecule has 0 aromatic carbocycles. The van der Waals surface area contributed by atoms with Crippen molar-refractivity contribution in [1.29, 1.82) is 0 Å². The molecule has 0 amide bonds. The maximum absolute atomic E-state index is 5.78. The molecule has 0 aliphatic carbocycles. The van der Waals surface area contributed by atoms with Crippen molar-refractivity contribution in [2.24, 2.45) is 0 Å². The Kier molecular flexibility index (Phi) is 6.14. The van der Waals surface area contributed by atoms with Crippen molar-refractivity contribution in [3.8, 4) is 0 Å². The van der Waals surface area contributed by atoms with E-state index in [1.807, 2.05) is 0 Å². The predicted molar refractivity (Wildman–Crippen MR) is 73.7 cm³/mol. The van der Waals surface area contributed by atoms with Gasteiger partial charge in [-0.05, 0) is 20.3 Å². The Morgan fingerprint density at radius 1 is 1.44 bits per heavy atom. The summed E-state index contributed by atoms with van der Waals surface area (Å²) in [5.74, 6) is 0.511. The molecule has 0 atom stereocenters. The Bertz CT molecular complexity index is 299. The fourth-order valence-corrected chi connectivity index (χ4v) is 2.81. The van der Waals surface area contributed by atoms with Crippen LogP contribution in [0.1, 0.15) is 45.7 Å². The smallest absolute Gasteiger partial charge is 0.185 e. The van der Waals surface area contributed by atoms with Gasteiger partial charge in [0.05, 0.1) is 11.6 Å². The van der Waals surface area contributed by atoms with Gasteiger partial charge in [0.2, 0.25) is 0 Å². The van der Waals surface area contributed by atoms with E-state index < -0.39 is 0 Å². The third-order valence-corrected chi connectivity index (χ3v) is 3.75. The van der Waals surface area contributed by atoms with Crippen LogP contribution in [0.4, 0.5) is 5.13 Å². The van der Waals surface area contributed by atoms with Crippen LogP contribution in [-0.4, -0.2) is 17.6 Å². The average molecular weight is 261 g/mol. The molecule has 0 bridgehead atoms. The number of nitrogens with zero attached hydrogens (tertiary/aromatic N) is 2. The number of hydrogen-bond acceptors (Lipinski definition) is 3. The number of halogens is 1. The van der Waals surface area contributed by atoms with E-state index in [1.165, 1.54) is 19.3 Å². The largest absolute Gasteiger partial charge is 0.346 e. The quantitative estimate of drug-likeness (QED) is 0.537. The van der Waals surface area contributed by atoms with Gasteiger partial charge < -0.3 is 4.90 Å². The van der Waals surface area contributed by atoms with Gasteiger partial charge in [-0.15, -0.1) is 22.9 Å². The van der Waals surface area contributed by atoms with Gasteiger partial charge in [0.15, 0.2) is 5.13 Å². The van der Waals surface area contributed by atoms with Crippen molar-refractivity contribution in [3.05, 3.63) is 11.1 Å². The van der Waals surface area contributed by atoms with Gasteiger partial charge in [-0.2, -0.15) is 0 Å². The lowest BCUT2D eigenvalue weighted by molar-refractivity contribution is 0.624. The number of hydrogen-bond donors (Lipinski definition) is 0. The molecular formula is C12H21ClN2S. The maximum Gasteiger partial charge on any atom is 0.185 e. The Balaban J connectivity index is 2.61. The molecule has 4 heteroatoms. The van der Waals surface area contributed by atoms with Crippen molar-refractivity contribution in [2.75, 3.05) is 11.4 Å². The second-order valence-electron chi connectivity index (χ2n) is 4.25. The molecule has 2 nitrogen and oxygen atoms in total. The minimum absolute atomic E-state index is 0.506. The summed E-state index contributed by atoms with van der Waals surface area (Å²) in [6, 6.07) is 0.506. The zero-order chi connectivity index (χ0) is 12.0. The predicted octanol–water partition coefficient (Wildman–Crippen LogP) is 4.29. The molecule has 0 spiro atoms. The van der Waals surface area contributed by atoms with Gasteiger partial charge in [0.1, 0.15) is 0 Å². The number of rotatable bonds is 7. The molecule has 1 rings (SSSR count). The summed E-state index contributed by atoms with van der Waals surface area (Å²) < 4.78 is 0. The first-order valence-electron chi connectivity index (χ1n) is 5.96. The third-order valence-electron chi connectivity index (χ3n) is 2.55. The molecule has 0 fully saturated rings. The minimum Gasteiger partial charge on any atom is -0.346 e. The second-order valence-corrected chi connectivity index (χ2v) is 5.35. The highest BCUT2D eigenvalue weighted by Gasteiger charge is 2.13. The first kappa shape index (κ1) is 13.8. The molecule has 1 heterocycles. The molecule has 0 saturated heterocycles. The van der Waals surface area contributed by atoms with Crippen molar-refractivity contribution >= 4 is 28.1 Å². The molecule has 0 saturated carbocycles. The highest BCUT2D eigenvalue weighted by Crippen LogP contribution is 2.23. The van der Waals surface area contributed by atoms with Crippen LogP contribution < -0.4 is 4.90 Å². The zero-order valence-corrected chi connectivity index (χ0v) is 11.9. The van der Waals surface area contributed by atoms with Gasteiger partial charge in [-0.1, -0.05) is 19.8 Å². The fourth-order valence-electron chi connectivity index (χ4n) is 1.60. The van der Waals surface area contributed by atoms with Gasteiger partial charge in [0.25, 0.3) is 0 Å². The van der Waals surface area contributed by atoms with Crippen LogP contribution in [-0.2, 0) is 5.88 Å². The highest BCUT2D eigenvalue weighted by molar-refractivity contribution is 7.13. The van der Waals surface area contributed by atoms with Crippen LogP contribution in [0, 0.1) is 0 Å². The lowest BCUT2D eigenvalue weighted by Crippen LogP contribution is -2.31. The van der Waals surface area contributed by atoms with Crippen LogP contribution in [0.3, 0.4) is 0 Å². The fraction of sp³-hybridized carbons (Fsp3) is 0.750. The van der Waals surface area contributed by atoms with E-state index in [4.69, 9.17) is 11.6 Å². The third kappa shape index (κ3) is 3.95. The Morgan fingerprint density at radius 2 is 2.19 bits per heavy atom. The van der Waals surface area contributed by atoms with Gasteiger partial charge in [0, 0.05) is 18.0 Å². The molecule has 0 radical (unpaired) electrons. The molecule has 0 aliphatic heterocycles. The monoisotopic (exact) mass is 260 g/mol. The second kappa shape index (κ2) is 7.13. The lowest BCUT2D eigenvalue weighted by atomic mass is 10.2. The van der Waals surface area contributed by atoms with E-state index in [9.17, 15) is 0 Å². The Morgan fingerprint density at radius 3 is 2.69 bits per heavy atom. The van der Waals surface area contributed by atoms with Crippen molar-refractivity contribution in [2.45, 2.75) is 52.0 Å². The Hall–Kier alpha value is -0.280. The summed E-state index contributed by atoms with van der Waals surface area (Å²) in [5, 5.41) is 3.17. The van der Waals surface area contributed by atoms with Crippen LogP contribution in [0.25, 0.3) is 0 Å². The minimum atomic E-state index is 0.506. The SMILES string of the molecule is CCCCCN(c1nc(CCl)cs1)C(C)C. The van der Waals surface area contributed by atoms with Crippen LogP contribution in [0.5, 0.6) is 0 Å². The standard InChI is InChI=1S/C12H21ClN2S/c1-4-5-6-7-15(10(2)3)12-14-11(8-13)9-16-12/h9-10H,4-8H2,1-3H3. The Labute approximate surface area is 108 Å². The van der Waals surface area contributed by atoms with E-state index in [0.717, 1.165) is 17.4 Å². The molecule has 0 N–H and O–H groups in total. The first-order chi connectivity index (χ1) is 7.69. The van der Waals surface area contributed by atoms with Gasteiger partial charge >= 0.3 is 0 Å². The van der Waals surface area contributed by atoms with Crippen LogP contribution in [0.2, 0.25) is 0 Å². The molecule has 0 aliphatic rings. The van der Waals surface area contributed by atoms with Gasteiger partial charge in [-0.25, -0.2) is 4.98 Å². The van der Waals surface area contributed by atoms with Gasteiger partial charge in [-0.3, -0.25) is 0 Å². The summed E-state index contributed by atoms with van der Waals surface area (Å²) in [5.41, 5.74) is 0.989. The van der Waals surface area contributed by atoms with Crippen molar-refractivity contribution < 1.29 is 0 Å². The number of thiazole rings is 1. The number of alkyl halides is 1. The van der Waals surface area contributed by atoms with E-state index >= 15 is 0 Å². The summed E-state index contributed by atoms with van der Waals surface area (Å²) in [6.07, 6.45) is 3.79. The van der Waals surface area contributed by atoms with Crippen LogP contribution in [0.15, 0.2) is 5.38 Å². The normalized spacial score (nSPS) is 11.1. The van der Waals surface area contributed by atoms with Crippen molar-refractivity contribution in [3.63, 3.8) is 0 Å². The topological polar surface area (TPSA) is 16.1 Å². The molecule has 16 heavy (non-hydrogen) atoms. The molecule has 1 aromatic rings. The molecule has 1 aromatic heterocycles. The van der Waals surface area contributed by atoms with E-state index in [1.54, 1.807) is 11.3 Å². The lowest BCUT2D eigenvalue weighted by Gasteiger charge is -2.26. The maximum atomic E-state index is 5.78. The summed E-state index contributed by atoms with van der Waals surface area (Å²) in [7, 11) is 0. The van der Waals surface area contributed by atoms with E-state index in [-0.39, 0.29) is 0 Å². The molecular weight excluding hydrogens is 240 g/mol. The molecule has 92 valence electrons. The molecule has 0 unspecified atom stereocenters.